The number of alkyl halides is 3. The normalized spacial score (nSPS) is 21.5. The number of nitrogens with one attached hydrogen (secondary N) is 2. The van der Waals surface area contributed by atoms with Gasteiger partial charge in [-0.1, -0.05) is 6.07 Å². The monoisotopic (exact) mass is 248 g/mol. The van der Waals surface area contributed by atoms with E-state index >= 15 is 0 Å². The number of hydrogen-bond acceptors (Lipinski definition) is 2. The molecule has 1 aromatic carbocycles. The summed E-state index contributed by atoms with van der Waals surface area (Å²) >= 11 is 0. The van der Waals surface area contributed by atoms with Crippen molar-refractivity contribution in [3.05, 3.63) is 35.1 Å². The SMILES string of the molecule is Fc1ccc([C@@H]2CNCCN2)c(C(F)(F)F)c1. The summed E-state index contributed by atoms with van der Waals surface area (Å²) in [5.74, 6) is -0.871. The van der Waals surface area contributed by atoms with Crippen LogP contribution in [0.4, 0.5) is 17.6 Å². The van der Waals surface area contributed by atoms with Gasteiger partial charge in [-0.3, -0.25) is 0 Å². The highest BCUT2D eigenvalue weighted by molar-refractivity contribution is 5.33. The summed E-state index contributed by atoms with van der Waals surface area (Å²) in [4.78, 5) is 0. The van der Waals surface area contributed by atoms with Gasteiger partial charge in [-0.2, -0.15) is 13.2 Å². The first-order valence-corrected chi connectivity index (χ1v) is 5.29. The highest BCUT2D eigenvalue weighted by Crippen LogP contribution is 2.35. The van der Waals surface area contributed by atoms with Crippen LogP contribution >= 0.6 is 0 Å². The van der Waals surface area contributed by atoms with E-state index in [-0.39, 0.29) is 5.56 Å². The molecule has 1 atom stereocenters. The zero-order valence-corrected chi connectivity index (χ0v) is 8.94. The molecule has 0 amide bonds. The molecule has 1 aliphatic heterocycles. The molecule has 1 heterocycles. The van der Waals surface area contributed by atoms with Gasteiger partial charge in [-0.05, 0) is 17.7 Å². The highest BCUT2D eigenvalue weighted by atomic mass is 19.4. The average Bonchev–Trinajstić information content (AvgIpc) is 2.29. The zero-order valence-electron chi connectivity index (χ0n) is 8.94. The molecule has 1 aliphatic rings. The molecule has 94 valence electrons. The Bertz CT molecular complexity index is 397. The third-order valence-corrected chi connectivity index (χ3v) is 2.74. The van der Waals surface area contributed by atoms with Gasteiger partial charge >= 0.3 is 6.18 Å². The molecule has 1 fully saturated rings. The molecule has 0 spiro atoms. The van der Waals surface area contributed by atoms with Crippen molar-refractivity contribution in [2.75, 3.05) is 19.6 Å². The largest absolute Gasteiger partial charge is 0.416 e. The molecule has 0 unspecified atom stereocenters. The van der Waals surface area contributed by atoms with E-state index in [2.05, 4.69) is 10.6 Å². The molecule has 1 saturated heterocycles. The Morgan fingerprint density at radius 2 is 1.94 bits per heavy atom. The van der Waals surface area contributed by atoms with Gasteiger partial charge in [0.1, 0.15) is 5.82 Å². The van der Waals surface area contributed by atoms with Crippen molar-refractivity contribution >= 4 is 0 Å². The number of piperazine rings is 1. The molecule has 0 bridgehead atoms. The standard InChI is InChI=1S/C11H12F4N2/c12-7-1-2-8(9(5-7)11(13,14)15)10-6-16-3-4-17-10/h1-2,5,10,16-17H,3-4,6H2/t10-/m0/s1. The van der Waals surface area contributed by atoms with Gasteiger partial charge in [0.15, 0.2) is 0 Å². The summed E-state index contributed by atoms with van der Waals surface area (Å²) in [5, 5.41) is 5.99. The lowest BCUT2D eigenvalue weighted by Gasteiger charge is -2.27. The second kappa shape index (κ2) is 4.62. The predicted octanol–water partition coefficient (Wildman–Crippen LogP) is 2.08. The molecule has 2 rings (SSSR count). The van der Waals surface area contributed by atoms with Crippen molar-refractivity contribution in [3.8, 4) is 0 Å². The summed E-state index contributed by atoms with van der Waals surface area (Å²) < 4.78 is 51.2. The first-order valence-electron chi connectivity index (χ1n) is 5.29. The molecule has 2 N–H and O–H groups in total. The summed E-state index contributed by atoms with van der Waals surface area (Å²) in [5.41, 5.74) is -0.815. The van der Waals surface area contributed by atoms with E-state index in [1.807, 2.05) is 0 Å². The number of rotatable bonds is 1. The molecular weight excluding hydrogens is 236 g/mol. The molecule has 0 aromatic heterocycles. The Labute approximate surface area is 96.0 Å². The van der Waals surface area contributed by atoms with Crippen LogP contribution in [0.15, 0.2) is 18.2 Å². The Kier molecular flexibility index (Phi) is 3.35. The van der Waals surface area contributed by atoms with Crippen LogP contribution in [0.1, 0.15) is 17.2 Å². The lowest BCUT2D eigenvalue weighted by molar-refractivity contribution is -0.138. The number of benzene rings is 1. The Morgan fingerprint density at radius 3 is 2.53 bits per heavy atom. The van der Waals surface area contributed by atoms with E-state index in [1.54, 1.807) is 0 Å². The van der Waals surface area contributed by atoms with Crippen LogP contribution in [0.2, 0.25) is 0 Å². The van der Waals surface area contributed by atoms with E-state index in [1.165, 1.54) is 6.07 Å². The van der Waals surface area contributed by atoms with E-state index < -0.39 is 23.6 Å². The Hall–Kier alpha value is -1.14. The first-order chi connectivity index (χ1) is 7.98. The van der Waals surface area contributed by atoms with Gasteiger partial charge in [-0.25, -0.2) is 4.39 Å². The van der Waals surface area contributed by atoms with Gasteiger partial charge in [0.05, 0.1) is 5.56 Å². The van der Waals surface area contributed by atoms with Gasteiger partial charge in [0.2, 0.25) is 0 Å². The van der Waals surface area contributed by atoms with Crippen molar-refractivity contribution in [3.63, 3.8) is 0 Å². The molecule has 0 saturated carbocycles. The van der Waals surface area contributed by atoms with Gasteiger partial charge in [0, 0.05) is 25.7 Å². The minimum Gasteiger partial charge on any atom is -0.314 e. The van der Waals surface area contributed by atoms with E-state index in [4.69, 9.17) is 0 Å². The molecule has 2 nitrogen and oxygen atoms in total. The minimum atomic E-state index is -4.53. The fourth-order valence-electron chi connectivity index (χ4n) is 1.95. The fraction of sp³-hybridized carbons (Fsp3) is 0.455. The third kappa shape index (κ3) is 2.76. The first kappa shape index (κ1) is 12.3. The maximum Gasteiger partial charge on any atom is 0.416 e. The number of hydrogen-bond donors (Lipinski definition) is 2. The van der Waals surface area contributed by atoms with Crippen molar-refractivity contribution in [2.24, 2.45) is 0 Å². The van der Waals surface area contributed by atoms with E-state index in [9.17, 15) is 17.6 Å². The van der Waals surface area contributed by atoms with Crippen LogP contribution in [0.3, 0.4) is 0 Å². The van der Waals surface area contributed by atoms with Crippen LogP contribution < -0.4 is 10.6 Å². The summed E-state index contributed by atoms with van der Waals surface area (Å²) in [6, 6.07) is 2.37. The van der Waals surface area contributed by atoms with Crippen molar-refractivity contribution in [1.82, 2.24) is 10.6 Å². The highest BCUT2D eigenvalue weighted by Gasteiger charge is 2.35. The molecule has 1 aromatic rings. The zero-order chi connectivity index (χ0) is 12.5. The predicted molar refractivity (Wildman–Crippen MR) is 55.0 cm³/mol. The fourth-order valence-corrected chi connectivity index (χ4v) is 1.95. The molecular formula is C11H12F4N2. The second-order valence-corrected chi connectivity index (χ2v) is 3.94. The third-order valence-electron chi connectivity index (χ3n) is 2.74. The van der Waals surface area contributed by atoms with Crippen molar-refractivity contribution in [2.45, 2.75) is 12.2 Å². The Balaban J connectivity index is 2.38. The van der Waals surface area contributed by atoms with Crippen LogP contribution in [-0.2, 0) is 6.18 Å². The van der Waals surface area contributed by atoms with Crippen LogP contribution in [0.5, 0.6) is 0 Å². The second-order valence-electron chi connectivity index (χ2n) is 3.94. The lowest BCUT2D eigenvalue weighted by Crippen LogP contribution is -2.43. The smallest absolute Gasteiger partial charge is 0.314 e. The molecule has 6 heteroatoms. The van der Waals surface area contributed by atoms with Gasteiger partial charge < -0.3 is 10.6 Å². The van der Waals surface area contributed by atoms with Crippen LogP contribution in [-0.4, -0.2) is 19.6 Å². The van der Waals surface area contributed by atoms with Crippen molar-refractivity contribution < 1.29 is 17.6 Å². The minimum absolute atomic E-state index is 0.0890. The maximum atomic E-state index is 12.9. The average molecular weight is 248 g/mol. The number of halogens is 4. The quantitative estimate of drug-likeness (QED) is 0.743. The van der Waals surface area contributed by atoms with Crippen LogP contribution in [0, 0.1) is 5.82 Å². The van der Waals surface area contributed by atoms with Crippen LogP contribution in [0.25, 0.3) is 0 Å². The van der Waals surface area contributed by atoms with E-state index in [0.717, 1.165) is 12.6 Å². The Morgan fingerprint density at radius 1 is 1.18 bits per heavy atom. The van der Waals surface area contributed by atoms with Gasteiger partial charge in [0.25, 0.3) is 0 Å². The molecule has 0 radical (unpaired) electrons. The van der Waals surface area contributed by atoms with Gasteiger partial charge in [-0.15, -0.1) is 0 Å². The summed E-state index contributed by atoms with van der Waals surface area (Å²) in [6.45, 7) is 1.73. The summed E-state index contributed by atoms with van der Waals surface area (Å²) in [7, 11) is 0. The molecule has 0 aliphatic carbocycles. The maximum absolute atomic E-state index is 12.9. The van der Waals surface area contributed by atoms with Crippen molar-refractivity contribution in [1.29, 1.82) is 0 Å². The lowest BCUT2D eigenvalue weighted by atomic mass is 9.98. The topological polar surface area (TPSA) is 24.1 Å². The molecule has 17 heavy (non-hydrogen) atoms. The van der Waals surface area contributed by atoms with E-state index in [0.29, 0.717) is 19.2 Å². The summed E-state index contributed by atoms with van der Waals surface area (Å²) in [6.07, 6.45) is -4.53.